The summed E-state index contributed by atoms with van der Waals surface area (Å²) in [5, 5.41) is 1.27. The Morgan fingerprint density at radius 2 is 1.95 bits per heavy atom. The Morgan fingerprint density at radius 3 is 2.73 bits per heavy atom. The fraction of sp³-hybridized carbons (Fsp3) is 0.200. The smallest absolute Gasteiger partial charge is 0.120 e. The van der Waals surface area contributed by atoms with Gasteiger partial charge in [0.2, 0.25) is 0 Å². The predicted molar refractivity (Wildman–Crippen MR) is 92.2 cm³/mol. The number of rotatable bonds is 6. The van der Waals surface area contributed by atoms with Crippen molar-refractivity contribution in [2.45, 2.75) is 19.4 Å². The summed E-state index contributed by atoms with van der Waals surface area (Å²) in [5.74, 6) is 0.919. The Hall–Kier alpha value is -2.48. The Kier molecular flexibility index (Phi) is 4.29. The molecular formula is C20H21NO. The van der Waals surface area contributed by atoms with Crippen LogP contribution in [0.15, 0.2) is 67.4 Å². The third-order valence-electron chi connectivity index (χ3n) is 3.91. The maximum Gasteiger partial charge on any atom is 0.120 e. The van der Waals surface area contributed by atoms with Gasteiger partial charge >= 0.3 is 0 Å². The Balaban J connectivity index is 1.83. The molecule has 2 heteroatoms. The molecule has 112 valence electrons. The average Bonchev–Trinajstić information content (AvgIpc) is 2.88. The lowest BCUT2D eigenvalue weighted by atomic mass is 10.1. The van der Waals surface area contributed by atoms with Gasteiger partial charge in [-0.2, -0.15) is 0 Å². The summed E-state index contributed by atoms with van der Waals surface area (Å²) in [6.45, 7) is 4.41. The molecule has 0 spiro atoms. The minimum atomic E-state index is 0.598. The molecule has 0 bridgehead atoms. The molecule has 3 rings (SSSR count). The van der Waals surface area contributed by atoms with Gasteiger partial charge in [-0.3, -0.25) is 0 Å². The second-order valence-electron chi connectivity index (χ2n) is 5.55. The third kappa shape index (κ3) is 3.06. The number of ether oxygens (including phenoxy) is 1. The molecular weight excluding hydrogens is 270 g/mol. The van der Waals surface area contributed by atoms with Crippen LogP contribution in [0, 0.1) is 0 Å². The first-order valence-corrected chi connectivity index (χ1v) is 7.63. The minimum absolute atomic E-state index is 0.598. The summed E-state index contributed by atoms with van der Waals surface area (Å²) in [5.41, 5.74) is 3.77. The van der Waals surface area contributed by atoms with Gasteiger partial charge in [0.15, 0.2) is 0 Å². The monoisotopic (exact) mass is 291 g/mol. The van der Waals surface area contributed by atoms with Gasteiger partial charge in [0.05, 0.1) is 0 Å². The molecule has 2 aromatic carbocycles. The maximum atomic E-state index is 5.94. The number of hydrogen-bond acceptors (Lipinski definition) is 1. The van der Waals surface area contributed by atoms with E-state index < -0.39 is 0 Å². The highest BCUT2D eigenvalue weighted by Crippen LogP contribution is 2.27. The fourth-order valence-electron chi connectivity index (χ4n) is 2.74. The highest BCUT2D eigenvalue weighted by molar-refractivity contribution is 5.85. The molecule has 0 aliphatic heterocycles. The van der Waals surface area contributed by atoms with Crippen LogP contribution in [0.25, 0.3) is 10.9 Å². The van der Waals surface area contributed by atoms with Crippen LogP contribution in [-0.4, -0.2) is 4.57 Å². The number of allylic oxidation sites excluding steroid dienone is 1. The number of fused-ring (bicyclic) bond motifs is 1. The molecule has 0 saturated heterocycles. The minimum Gasteiger partial charge on any atom is -0.489 e. The zero-order valence-corrected chi connectivity index (χ0v) is 13.0. The lowest BCUT2D eigenvalue weighted by molar-refractivity contribution is 0.306. The van der Waals surface area contributed by atoms with E-state index in [9.17, 15) is 0 Å². The number of nitrogens with zero attached hydrogens (tertiary/aromatic N) is 1. The van der Waals surface area contributed by atoms with Gasteiger partial charge in [-0.15, -0.1) is 6.58 Å². The van der Waals surface area contributed by atoms with Gasteiger partial charge in [0, 0.05) is 24.1 Å². The van der Waals surface area contributed by atoms with Crippen molar-refractivity contribution >= 4 is 10.9 Å². The Morgan fingerprint density at radius 1 is 1.14 bits per heavy atom. The molecule has 3 aromatic rings. The van der Waals surface area contributed by atoms with E-state index in [0.29, 0.717) is 6.61 Å². The highest BCUT2D eigenvalue weighted by Gasteiger charge is 2.07. The van der Waals surface area contributed by atoms with E-state index in [-0.39, 0.29) is 0 Å². The van der Waals surface area contributed by atoms with Gasteiger partial charge in [0.1, 0.15) is 12.4 Å². The van der Waals surface area contributed by atoms with Crippen molar-refractivity contribution in [2.75, 3.05) is 0 Å². The number of aromatic nitrogens is 1. The molecule has 1 aromatic heterocycles. The van der Waals surface area contributed by atoms with Crippen molar-refractivity contribution in [2.24, 2.45) is 7.05 Å². The van der Waals surface area contributed by atoms with Crippen molar-refractivity contribution in [3.05, 3.63) is 78.5 Å². The van der Waals surface area contributed by atoms with E-state index in [1.165, 1.54) is 22.0 Å². The molecule has 0 saturated carbocycles. The maximum absolute atomic E-state index is 5.94. The first-order valence-electron chi connectivity index (χ1n) is 7.63. The number of aryl methyl sites for hydroxylation is 2. The molecule has 2 nitrogen and oxygen atoms in total. The zero-order chi connectivity index (χ0) is 15.4. The van der Waals surface area contributed by atoms with Crippen molar-refractivity contribution in [1.82, 2.24) is 4.57 Å². The van der Waals surface area contributed by atoms with Crippen LogP contribution in [0.3, 0.4) is 0 Å². The summed E-state index contributed by atoms with van der Waals surface area (Å²) in [6.07, 6.45) is 6.18. The van der Waals surface area contributed by atoms with E-state index >= 15 is 0 Å². The average molecular weight is 291 g/mol. The molecule has 0 atom stereocenters. The van der Waals surface area contributed by atoms with Gasteiger partial charge < -0.3 is 9.30 Å². The van der Waals surface area contributed by atoms with E-state index in [1.54, 1.807) is 0 Å². The first kappa shape index (κ1) is 14.5. The molecule has 0 aliphatic rings. The summed E-state index contributed by atoms with van der Waals surface area (Å²) >= 11 is 0. The van der Waals surface area contributed by atoms with Crippen molar-refractivity contribution in [3.8, 4) is 5.75 Å². The summed E-state index contributed by atoms with van der Waals surface area (Å²) < 4.78 is 8.11. The van der Waals surface area contributed by atoms with Crippen LogP contribution < -0.4 is 4.74 Å². The van der Waals surface area contributed by atoms with Gasteiger partial charge in [-0.05, 0) is 42.2 Å². The van der Waals surface area contributed by atoms with E-state index in [4.69, 9.17) is 4.74 Å². The summed E-state index contributed by atoms with van der Waals surface area (Å²) in [4.78, 5) is 0. The van der Waals surface area contributed by atoms with Crippen LogP contribution in [0.2, 0.25) is 0 Å². The van der Waals surface area contributed by atoms with Crippen molar-refractivity contribution in [1.29, 1.82) is 0 Å². The van der Waals surface area contributed by atoms with Gasteiger partial charge in [0.25, 0.3) is 0 Å². The molecule has 0 N–H and O–H groups in total. The normalized spacial score (nSPS) is 10.8. The van der Waals surface area contributed by atoms with Crippen LogP contribution >= 0.6 is 0 Å². The molecule has 0 aliphatic carbocycles. The standard InChI is InChI=1S/C20H21NO/c1-3-4-10-17-14-21(2)20-12-11-18(13-19(17)20)22-15-16-8-6-5-7-9-16/h3,5-9,11-14H,1,4,10,15H2,2H3. The SMILES string of the molecule is C=CCCc1cn(C)c2ccc(OCc3ccccc3)cc12. The molecule has 1 heterocycles. The second-order valence-corrected chi connectivity index (χ2v) is 5.55. The van der Waals surface area contributed by atoms with Crippen molar-refractivity contribution in [3.63, 3.8) is 0 Å². The van der Waals surface area contributed by atoms with Crippen LogP contribution in [-0.2, 0) is 20.1 Å². The fourth-order valence-corrected chi connectivity index (χ4v) is 2.74. The van der Waals surface area contributed by atoms with E-state index in [2.05, 4.69) is 48.7 Å². The lowest BCUT2D eigenvalue weighted by Gasteiger charge is -2.07. The molecule has 22 heavy (non-hydrogen) atoms. The second kappa shape index (κ2) is 6.52. The van der Waals surface area contributed by atoms with E-state index in [0.717, 1.165) is 18.6 Å². The van der Waals surface area contributed by atoms with Crippen LogP contribution in [0.5, 0.6) is 5.75 Å². The number of hydrogen-bond donors (Lipinski definition) is 0. The van der Waals surface area contributed by atoms with E-state index in [1.807, 2.05) is 30.3 Å². The molecule has 0 unspecified atom stereocenters. The highest BCUT2D eigenvalue weighted by atomic mass is 16.5. The zero-order valence-electron chi connectivity index (χ0n) is 13.0. The Bertz CT molecular complexity index is 771. The summed E-state index contributed by atoms with van der Waals surface area (Å²) in [7, 11) is 2.09. The first-order chi connectivity index (χ1) is 10.8. The van der Waals surface area contributed by atoms with Gasteiger partial charge in [-0.25, -0.2) is 0 Å². The van der Waals surface area contributed by atoms with Crippen molar-refractivity contribution < 1.29 is 4.74 Å². The van der Waals surface area contributed by atoms with Crippen LogP contribution in [0.1, 0.15) is 17.5 Å². The molecule has 0 amide bonds. The predicted octanol–water partition coefficient (Wildman–Crippen LogP) is 4.88. The topological polar surface area (TPSA) is 14.2 Å². The molecule has 0 radical (unpaired) electrons. The Labute approximate surface area is 131 Å². The number of benzene rings is 2. The largest absolute Gasteiger partial charge is 0.489 e. The van der Waals surface area contributed by atoms with Crippen LogP contribution in [0.4, 0.5) is 0 Å². The van der Waals surface area contributed by atoms with Gasteiger partial charge in [-0.1, -0.05) is 36.4 Å². The third-order valence-corrected chi connectivity index (χ3v) is 3.91. The lowest BCUT2D eigenvalue weighted by Crippen LogP contribution is -1.95. The molecule has 0 fully saturated rings. The quantitative estimate of drug-likeness (QED) is 0.591. The summed E-state index contributed by atoms with van der Waals surface area (Å²) in [6, 6.07) is 16.6.